The third-order valence-electron chi connectivity index (χ3n) is 4.81. The molecular formula is C25H18FIN2O5S. The van der Waals surface area contributed by atoms with Gasteiger partial charge < -0.3 is 19.9 Å². The number of carbonyl (C=O) groups excluding carboxylic acids is 1. The Kier molecular flexibility index (Phi) is 7.71. The van der Waals surface area contributed by atoms with Gasteiger partial charge in [0.05, 0.1) is 26.8 Å². The van der Waals surface area contributed by atoms with Crippen molar-refractivity contribution >= 4 is 63.2 Å². The summed E-state index contributed by atoms with van der Waals surface area (Å²) in [5.74, 6) is -0.665. The van der Waals surface area contributed by atoms with Gasteiger partial charge in [-0.15, -0.1) is 0 Å². The van der Waals surface area contributed by atoms with E-state index in [0.29, 0.717) is 32.8 Å². The van der Waals surface area contributed by atoms with Crippen molar-refractivity contribution in [2.75, 3.05) is 7.11 Å². The van der Waals surface area contributed by atoms with Gasteiger partial charge in [0.25, 0.3) is 5.91 Å². The molecule has 4 rings (SSSR count). The normalized spacial score (nSPS) is 15.3. The van der Waals surface area contributed by atoms with Crippen LogP contribution in [0.1, 0.15) is 21.5 Å². The Morgan fingerprint density at radius 1 is 1.20 bits per heavy atom. The van der Waals surface area contributed by atoms with Crippen LogP contribution >= 0.6 is 34.4 Å². The first-order chi connectivity index (χ1) is 16.8. The van der Waals surface area contributed by atoms with E-state index >= 15 is 0 Å². The number of methoxy groups -OCH3 is 1. The number of carboxylic acid groups (broad SMARTS) is 1. The summed E-state index contributed by atoms with van der Waals surface area (Å²) in [5, 5.41) is 12.3. The average molecular weight is 604 g/mol. The second-order valence-electron chi connectivity index (χ2n) is 7.29. The van der Waals surface area contributed by atoms with Gasteiger partial charge in [0.1, 0.15) is 12.4 Å². The number of amides is 1. The van der Waals surface area contributed by atoms with E-state index in [1.165, 1.54) is 49.2 Å². The number of ether oxygens (including phenoxy) is 2. The molecule has 0 aliphatic carbocycles. The van der Waals surface area contributed by atoms with Crippen LogP contribution in [0.25, 0.3) is 6.08 Å². The summed E-state index contributed by atoms with van der Waals surface area (Å²) >= 11 is 3.30. The van der Waals surface area contributed by atoms with Crippen LogP contribution in [0.2, 0.25) is 0 Å². The number of carbonyl (C=O) groups is 2. The zero-order valence-corrected chi connectivity index (χ0v) is 21.2. The predicted octanol–water partition coefficient (Wildman–Crippen LogP) is 5.61. The first-order valence-corrected chi connectivity index (χ1v) is 12.1. The monoisotopic (exact) mass is 604 g/mol. The molecule has 7 nitrogen and oxygen atoms in total. The van der Waals surface area contributed by atoms with E-state index in [2.05, 4.69) is 32.9 Å². The molecule has 178 valence electrons. The number of hydrogen-bond donors (Lipinski definition) is 2. The lowest BCUT2D eigenvalue weighted by Gasteiger charge is -2.14. The molecule has 1 saturated heterocycles. The molecule has 1 aliphatic heterocycles. The van der Waals surface area contributed by atoms with Gasteiger partial charge in [-0.1, -0.05) is 12.1 Å². The predicted molar refractivity (Wildman–Crippen MR) is 141 cm³/mol. The van der Waals surface area contributed by atoms with Crippen molar-refractivity contribution in [3.63, 3.8) is 0 Å². The largest absolute Gasteiger partial charge is 0.493 e. The number of aromatic carboxylic acids is 1. The Balaban J connectivity index is 1.52. The zero-order chi connectivity index (χ0) is 24.9. The molecule has 0 radical (unpaired) electrons. The van der Waals surface area contributed by atoms with E-state index in [4.69, 9.17) is 14.6 Å². The summed E-state index contributed by atoms with van der Waals surface area (Å²) < 4.78 is 25.3. The van der Waals surface area contributed by atoms with E-state index < -0.39 is 5.97 Å². The highest BCUT2D eigenvalue weighted by atomic mass is 127. The fourth-order valence-electron chi connectivity index (χ4n) is 3.18. The molecule has 0 unspecified atom stereocenters. The highest BCUT2D eigenvalue weighted by molar-refractivity contribution is 14.1. The third-order valence-corrected chi connectivity index (χ3v) is 6.53. The van der Waals surface area contributed by atoms with Gasteiger partial charge in [-0.3, -0.25) is 4.79 Å². The van der Waals surface area contributed by atoms with Crippen LogP contribution in [-0.4, -0.2) is 29.3 Å². The molecule has 2 N–H and O–H groups in total. The van der Waals surface area contributed by atoms with E-state index in [0.717, 1.165) is 9.13 Å². The number of hydrogen-bond acceptors (Lipinski definition) is 6. The quantitative estimate of drug-likeness (QED) is 0.269. The van der Waals surface area contributed by atoms with Crippen LogP contribution in [0.5, 0.6) is 11.5 Å². The standard InChI is InChI=1S/C25H18FIN2O5S/c1-33-20-11-15(10-19(27)22(20)34-13-14-3-2-4-16(9-14)24(31)32)12-21-23(30)29-25(35-21)28-18-7-5-17(26)6-8-18/h2-12H,13H2,1H3,(H,31,32)(H,28,29,30)/b21-12+. The maximum absolute atomic E-state index is 13.1. The molecule has 35 heavy (non-hydrogen) atoms. The van der Waals surface area contributed by atoms with E-state index in [9.17, 15) is 14.0 Å². The second kappa shape index (κ2) is 10.9. The van der Waals surface area contributed by atoms with Crippen LogP contribution in [0, 0.1) is 9.39 Å². The lowest BCUT2D eigenvalue weighted by atomic mass is 10.1. The Morgan fingerprint density at radius 2 is 1.97 bits per heavy atom. The van der Waals surface area contributed by atoms with Crippen molar-refractivity contribution in [2.45, 2.75) is 6.61 Å². The molecule has 0 bridgehead atoms. The Morgan fingerprint density at radius 3 is 2.69 bits per heavy atom. The minimum atomic E-state index is -1.00. The average Bonchev–Trinajstić information content (AvgIpc) is 3.17. The number of aliphatic imine (C=N–C) groups is 1. The van der Waals surface area contributed by atoms with Crippen molar-refractivity contribution in [2.24, 2.45) is 4.99 Å². The topological polar surface area (TPSA) is 97.2 Å². The molecular weight excluding hydrogens is 586 g/mol. The molecule has 3 aromatic carbocycles. The Hall–Kier alpha value is -3.38. The van der Waals surface area contributed by atoms with Crippen molar-refractivity contribution in [1.82, 2.24) is 5.32 Å². The summed E-state index contributed by atoms with van der Waals surface area (Å²) in [4.78, 5) is 28.4. The second-order valence-corrected chi connectivity index (χ2v) is 9.48. The minimum Gasteiger partial charge on any atom is -0.493 e. The lowest BCUT2D eigenvalue weighted by Crippen LogP contribution is -2.19. The van der Waals surface area contributed by atoms with Gasteiger partial charge in [-0.05, 0) is 100 Å². The maximum atomic E-state index is 13.1. The number of rotatable bonds is 7. The third kappa shape index (κ3) is 6.20. The molecule has 1 heterocycles. The lowest BCUT2D eigenvalue weighted by molar-refractivity contribution is -0.115. The summed E-state index contributed by atoms with van der Waals surface area (Å²) in [6.07, 6.45) is 1.72. The number of amidine groups is 1. The van der Waals surface area contributed by atoms with E-state index in [-0.39, 0.29) is 23.9 Å². The number of halogens is 2. The van der Waals surface area contributed by atoms with Gasteiger partial charge in [0.15, 0.2) is 16.7 Å². The Bertz CT molecular complexity index is 1360. The molecule has 3 aromatic rings. The first kappa shape index (κ1) is 24.7. The van der Waals surface area contributed by atoms with Crippen LogP contribution in [0.15, 0.2) is 70.6 Å². The van der Waals surface area contributed by atoms with Crippen molar-refractivity contribution < 1.29 is 28.6 Å². The zero-order valence-electron chi connectivity index (χ0n) is 18.2. The molecule has 1 fully saturated rings. The highest BCUT2D eigenvalue weighted by Gasteiger charge is 2.24. The smallest absolute Gasteiger partial charge is 0.335 e. The summed E-state index contributed by atoms with van der Waals surface area (Å²) in [7, 11) is 1.52. The van der Waals surface area contributed by atoms with Crippen LogP contribution in [-0.2, 0) is 11.4 Å². The highest BCUT2D eigenvalue weighted by Crippen LogP contribution is 2.36. The van der Waals surface area contributed by atoms with Crippen LogP contribution in [0.4, 0.5) is 10.1 Å². The molecule has 0 saturated carbocycles. The van der Waals surface area contributed by atoms with Gasteiger partial charge >= 0.3 is 5.97 Å². The molecule has 10 heteroatoms. The maximum Gasteiger partial charge on any atom is 0.335 e. The fourth-order valence-corrected chi connectivity index (χ4v) is 4.80. The van der Waals surface area contributed by atoms with E-state index in [1.54, 1.807) is 30.3 Å². The minimum absolute atomic E-state index is 0.162. The summed E-state index contributed by atoms with van der Waals surface area (Å²) in [6, 6.07) is 15.8. The molecule has 0 spiro atoms. The van der Waals surface area contributed by atoms with E-state index in [1.807, 2.05) is 6.07 Å². The van der Waals surface area contributed by atoms with Gasteiger partial charge in [0.2, 0.25) is 0 Å². The number of carboxylic acids is 1. The molecule has 0 atom stereocenters. The van der Waals surface area contributed by atoms with Crippen LogP contribution in [0.3, 0.4) is 0 Å². The number of benzene rings is 3. The summed E-state index contributed by atoms with van der Waals surface area (Å²) in [5.41, 5.74) is 2.15. The van der Waals surface area contributed by atoms with Gasteiger partial charge in [0, 0.05) is 0 Å². The molecule has 0 aromatic heterocycles. The summed E-state index contributed by atoms with van der Waals surface area (Å²) in [6.45, 7) is 0.162. The molecule has 1 aliphatic rings. The number of nitrogens with zero attached hydrogens (tertiary/aromatic N) is 1. The van der Waals surface area contributed by atoms with Crippen LogP contribution < -0.4 is 14.8 Å². The SMILES string of the molecule is COc1cc(/C=C2/SC(=Nc3ccc(F)cc3)NC2=O)cc(I)c1OCc1cccc(C(=O)O)c1. The van der Waals surface area contributed by atoms with Gasteiger partial charge in [-0.25, -0.2) is 14.2 Å². The fraction of sp³-hybridized carbons (Fsp3) is 0.0800. The Labute approximate surface area is 218 Å². The van der Waals surface area contributed by atoms with Crippen molar-refractivity contribution in [3.8, 4) is 11.5 Å². The van der Waals surface area contributed by atoms with Gasteiger partial charge in [-0.2, -0.15) is 0 Å². The number of thioether (sulfide) groups is 1. The first-order valence-electron chi connectivity index (χ1n) is 10.2. The number of nitrogens with one attached hydrogen (secondary N) is 1. The van der Waals surface area contributed by atoms with Crippen molar-refractivity contribution in [1.29, 1.82) is 0 Å². The molecule has 1 amide bonds. The van der Waals surface area contributed by atoms with Crippen molar-refractivity contribution in [3.05, 3.63) is 91.6 Å².